The fraction of sp³-hybridized carbons (Fsp3) is 0.500. The second-order valence-electron chi connectivity index (χ2n) is 5.40. The molecule has 1 fully saturated rings. The van der Waals surface area contributed by atoms with E-state index in [-0.39, 0.29) is 17.6 Å². The fourth-order valence-corrected chi connectivity index (χ4v) is 2.79. The first-order valence-electron chi connectivity index (χ1n) is 7.08. The minimum Gasteiger partial charge on any atom is -0.340 e. The first-order chi connectivity index (χ1) is 9.63. The Kier molecular flexibility index (Phi) is 4.73. The number of nitrogens with zero attached hydrogens (tertiary/aromatic N) is 1. The Morgan fingerprint density at radius 1 is 1.40 bits per heavy atom. The number of hydrogen-bond acceptors (Lipinski definition) is 2. The maximum Gasteiger partial charge on any atom is 0.228 e. The van der Waals surface area contributed by atoms with Gasteiger partial charge in [-0.25, -0.2) is 4.39 Å². The van der Waals surface area contributed by atoms with Gasteiger partial charge in [-0.3, -0.25) is 4.79 Å². The summed E-state index contributed by atoms with van der Waals surface area (Å²) in [5.74, 6) is -1.02. The predicted molar refractivity (Wildman–Crippen MR) is 74.3 cm³/mol. The first kappa shape index (κ1) is 14.5. The molecule has 0 spiro atoms. The minimum atomic E-state index is -0.589. The van der Waals surface area contributed by atoms with Gasteiger partial charge in [-0.2, -0.15) is 5.26 Å². The van der Waals surface area contributed by atoms with Crippen molar-refractivity contribution < 1.29 is 9.18 Å². The van der Waals surface area contributed by atoms with Crippen LogP contribution in [0.1, 0.15) is 44.1 Å². The van der Waals surface area contributed by atoms with E-state index in [0.29, 0.717) is 5.56 Å². The van der Waals surface area contributed by atoms with Crippen LogP contribution >= 0.6 is 0 Å². The zero-order chi connectivity index (χ0) is 14.5. The molecule has 1 aliphatic carbocycles. The van der Waals surface area contributed by atoms with Gasteiger partial charge in [-0.05, 0) is 37.3 Å². The highest BCUT2D eigenvalue weighted by Crippen LogP contribution is 2.28. The molecule has 0 aliphatic heterocycles. The van der Waals surface area contributed by atoms with Crippen LogP contribution in [0.4, 0.5) is 4.39 Å². The van der Waals surface area contributed by atoms with E-state index in [9.17, 15) is 14.4 Å². The summed E-state index contributed by atoms with van der Waals surface area (Å²) in [5.41, 5.74) is 0.369. The molecule has 1 N–H and O–H groups in total. The third-order valence-electron chi connectivity index (χ3n) is 4.07. The van der Waals surface area contributed by atoms with Crippen LogP contribution in [-0.4, -0.2) is 11.9 Å². The van der Waals surface area contributed by atoms with Gasteiger partial charge in [0.05, 0.1) is 12.0 Å². The molecule has 1 aromatic carbocycles. The van der Waals surface area contributed by atoms with Gasteiger partial charge in [0.15, 0.2) is 0 Å². The maximum atomic E-state index is 13.7. The van der Waals surface area contributed by atoms with Gasteiger partial charge in [-0.15, -0.1) is 0 Å². The van der Waals surface area contributed by atoms with E-state index >= 15 is 0 Å². The van der Waals surface area contributed by atoms with Crippen LogP contribution in [0.2, 0.25) is 0 Å². The van der Waals surface area contributed by atoms with E-state index in [2.05, 4.69) is 11.4 Å². The summed E-state index contributed by atoms with van der Waals surface area (Å²) in [6, 6.07) is 7.97. The number of rotatable bonds is 4. The average Bonchev–Trinajstić information content (AvgIpc) is 2.98. The molecule has 0 aromatic heterocycles. The van der Waals surface area contributed by atoms with E-state index in [1.165, 1.54) is 6.07 Å². The van der Waals surface area contributed by atoms with E-state index in [4.69, 9.17) is 0 Å². The Morgan fingerprint density at radius 2 is 2.05 bits per heavy atom. The van der Waals surface area contributed by atoms with E-state index < -0.39 is 12.0 Å². The molecule has 0 radical (unpaired) electrons. The summed E-state index contributed by atoms with van der Waals surface area (Å²) < 4.78 is 13.7. The number of halogens is 1. The molecular weight excluding hydrogens is 255 g/mol. The second kappa shape index (κ2) is 6.51. The largest absolute Gasteiger partial charge is 0.340 e. The molecule has 1 aliphatic rings. The van der Waals surface area contributed by atoms with Crippen LogP contribution in [0.25, 0.3) is 0 Å². The van der Waals surface area contributed by atoms with Crippen molar-refractivity contribution in [1.82, 2.24) is 5.32 Å². The van der Waals surface area contributed by atoms with Gasteiger partial charge < -0.3 is 5.32 Å². The lowest BCUT2D eigenvalue weighted by molar-refractivity contribution is -0.122. The molecule has 0 bridgehead atoms. The van der Waals surface area contributed by atoms with Crippen molar-refractivity contribution in [2.45, 2.75) is 44.6 Å². The van der Waals surface area contributed by atoms with Gasteiger partial charge >= 0.3 is 0 Å². The lowest BCUT2D eigenvalue weighted by Gasteiger charge is -2.20. The molecule has 20 heavy (non-hydrogen) atoms. The molecule has 1 aromatic rings. The Morgan fingerprint density at radius 3 is 2.65 bits per heavy atom. The van der Waals surface area contributed by atoms with Crippen LogP contribution in [-0.2, 0) is 4.79 Å². The van der Waals surface area contributed by atoms with Crippen LogP contribution in [0, 0.1) is 23.1 Å². The Hall–Kier alpha value is -1.89. The first-order valence-corrected chi connectivity index (χ1v) is 7.08. The van der Waals surface area contributed by atoms with Crippen LogP contribution < -0.4 is 5.32 Å². The minimum absolute atomic E-state index is 0.233. The molecule has 2 rings (SSSR count). The van der Waals surface area contributed by atoms with Crippen molar-refractivity contribution in [3.8, 4) is 6.07 Å². The number of carbonyl (C=O) groups is 1. The van der Waals surface area contributed by atoms with Gasteiger partial charge in [0.1, 0.15) is 11.9 Å². The summed E-state index contributed by atoms with van der Waals surface area (Å²) in [4.78, 5) is 12.2. The quantitative estimate of drug-likeness (QED) is 0.917. The molecule has 106 valence electrons. The zero-order valence-corrected chi connectivity index (χ0v) is 11.6. The number of nitrogens with one attached hydrogen (secondary N) is 1. The number of amides is 1. The number of nitriles is 1. The summed E-state index contributed by atoms with van der Waals surface area (Å²) in [5, 5.41) is 12.0. The molecule has 4 heteroatoms. The Balaban J connectivity index is 2.04. The fourth-order valence-electron chi connectivity index (χ4n) is 2.79. The summed E-state index contributed by atoms with van der Waals surface area (Å²) in [6.07, 6.45) is 4.18. The highest BCUT2D eigenvalue weighted by molar-refractivity contribution is 5.83. The molecule has 0 heterocycles. The molecule has 2 unspecified atom stereocenters. The predicted octanol–water partition coefficient (Wildman–Crippen LogP) is 3.13. The van der Waals surface area contributed by atoms with E-state index in [0.717, 1.165) is 25.7 Å². The molecule has 0 saturated heterocycles. The smallest absolute Gasteiger partial charge is 0.228 e. The summed E-state index contributed by atoms with van der Waals surface area (Å²) in [6.45, 7) is 1.66. The van der Waals surface area contributed by atoms with Crippen LogP contribution in [0.3, 0.4) is 0 Å². The van der Waals surface area contributed by atoms with Crippen LogP contribution in [0.5, 0.6) is 0 Å². The third kappa shape index (κ3) is 3.16. The van der Waals surface area contributed by atoms with Crippen molar-refractivity contribution in [1.29, 1.82) is 5.26 Å². The number of benzene rings is 1. The second-order valence-corrected chi connectivity index (χ2v) is 5.40. The van der Waals surface area contributed by atoms with Crippen molar-refractivity contribution in [2.75, 3.05) is 0 Å². The van der Waals surface area contributed by atoms with Crippen LogP contribution in [0.15, 0.2) is 24.3 Å². The van der Waals surface area contributed by atoms with Gasteiger partial charge in [-0.1, -0.05) is 31.0 Å². The van der Waals surface area contributed by atoms with E-state index in [1.807, 2.05) is 0 Å². The Labute approximate surface area is 118 Å². The SMILES string of the molecule is CC(C(=O)NC(C#N)C1CCCC1)c1ccccc1F. The summed E-state index contributed by atoms with van der Waals surface area (Å²) in [7, 11) is 0. The highest BCUT2D eigenvalue weighted by Gasteiger charge is 2.28. The molecular formula is C16H19FN2O. The van der Waals surface area contributed by atoms with Gasteiger partial charge in [0.2, 0.25) is 5.91 Å². The Bertz CT molecular complexity index is 517. The molecule has 3 nitrogen and oxygen atoms in total. The number of carbonyl (C=O) groups excluding carboxylic acids is 1. The highest BCUT2D eigenvalue weighted by atomic mass is 19.1. The third-order valence-corrected chi connectivity index (χ3v) is 4.07. The normalized spacial score (nSPS) is 18.2. The lowest BCUT2D eigenvalue weighted by Crippen LogP contribution is -2.40. The topological polar surface area (TPSA) is 52.9 Å². The molecule has 2 atom stereocenters. The summed E-state index contributed by atoms with van der Waals surface area (Å²) >= 11 is 0. The standard InChI is InChI=1S/C16H19FN2O/c1-11(13-8-4-5-9-14(13)17)16(20)19-15(10-18)12-6-2-3-7-12/h4-5,8-9,11-12,15H,2-3,6-7H2,1H3,(H,19,20). The zero-order valence-electron chi connectivity index (χ0n) is 11.6. The van der Waals surface area contributed by atoms with Crippen molar-refractivity contribution in [3.63, 3.8) is 0 Å². The molecule has 1 saturated carbocycles. The van der Waals surface area contributed by atoms with E-state index in [1.54, 1.807) is 25.1 Å². The van der Waals surface area contributed by atoms with Gasteiger partial charge in [0, 0.05) is 0 Å². The number of hydrogen-bond donors (Lipinski definition) is 1. The molecule has 1 amide bonds. The maximum absolute atomic E-state index is 13.7. The van der Waals surface area contributed by atoms with Crippen molar-refractivity contribution in [2.24, 2.45) is 5.92 Å². The van der Waals surface area contributed by atoms with Crippen molar-refractivity contribution >= 4 is 5.91 Å². The monoisotopic (exact) mass is 274 g/mol. The van der Waals surface area contributed by atoms with Gasteiger partial charge in [0.25, 0.3) is 0 Å². The van der Waals surface area contributed by atoms with Crippen molar-refractivity contribution in [3.05, 3.63) is 35.6 Å². The average molecular weight is 274 g/mol. The lowest BCUT2D eigenvalue weighted by atomic mass is 9.96.